The molecule has 1 amide bonds. The van der Waals surface area contributed by atoms with Gasteiger partial charge in [-0.15, -0.1) is 11.8 Å². The molecule has 4 rings (SSSR count). The lowest BCUT2D eigenvalue weighted by Crippen LogP contribution is -2.37. The number of thioether (sulfide) groups is 1. The number of hydrogen-bond acceptors (Lipinski definition) is 3. The predicted molar refractivity (Wildman–Crippen MR) is 132 cm³/mol. The van der Waals surface area contributed by atoms with Gasteiger partial charge in [0.05, 0.1) is 5.69 Å². The smallest absolute Gasteiger partial charge is 0.260 e. The van der Waals surface area contributed by atoms with E-state index in [0.717, 1.165) is 27.0 Å². The van der Waals surface area contributed by atoms with Gasteiger partial charge in [-0.3, -0.25) is 4.79 Å². The van der Waals surface area contributed by atoms with Gasteiger partial charge in [0.25, 0.3) is 5.91 Å². The monoisotopic (exact) mass is 494 g/mol. The number of benzene rings is 3. The molecular formula is C25H23BrN2O2S. The van der Waals surface area contributed by atoms with Crippen molar-refractivity contribution in [3.63, 3.8) is 0 Å². The van der Waals surface area contributed by atoms with Crippen LogP contribution in [0.4, 0.5) is 0 Å². The number of carbonyl (C=O) groups is 1. The Morgan fingerprint density at radius 2 is 1.74 bits per heavy atom. The zero-order chi connectivity index (χ0) is 21.6. The first-order chi connectivity index (χ1) is 15.1. The van der Waals surface area contributed by atoms with Crippen LogP contribution in [0.1, 0.15) is 6.92 Å². The van der Waals surface area contributed by atoms with Gasteiger partial charge in [-0.1, -0.05) is 64.5 Å². The molecule has 4 aromatic rings. The molecule has 0 aliphatic rings. The summed E-state index contributed by atoms with van der Waals surface area (Å²) in [6.07, 6.45) is -0.543. The zero-order valence-electron chi connectivity index (χ0n) is 17.1. The third-order valence-electron chi connectivity index (χ3n) is 4.86. The van der Waals surface area contributed by atoms with Crippen molar-refractivity contribution in [1.82, 2.24) is 10.3 Å². The molecule has 158 valence electrons. The summed E-state index contributed by atoms with van der Waals surface area (Å²) in [5.74, 6) is 1.34. The summed E-state index contributed by atoms with van der Waals surface area (Å²) in [5.41, 5.74) is 3.35. The fourth-order valence-corrected chi connectivity index (χ4v) is 4.63. The fourth-order valence-electron chi connectivity index (χ4n) is 3.31. The molecule has 0 unspecified atom stereocenters. The van der Waals surface area contributed by atoms with Crippen molar-refractivity contribution in [3.05, 3.63) is 83.3 Å². The average Bonchev–Trinajstić information content (AvgIpc) is 3.16. The molecule has 1 aromatic heterocycles. The molecule has 0 radical (unpaired) electrons. The SMILES string of the molecule is C[C@H](Oc1ccccc1)C(=O)NCCSc1c(-c2ccc(Br)cc2)[nH]c2ccccc12. The second-order valence-electron chi connectivity index (χ2n) is 7.09. The molecule has 0 saturated heterocycles. The first-order valence-corrected chi connectivity index (χ1v) is 11.9. The van der Waals surface area contributed by atoms with Crippen molar-refractivity contribution < 1.29 is 9.53 Å². The molecule has 0 saturated carbocycles. The number of amides is 1. The number of halogens is 1. The number of nitrogens with one attached hydrogen (secondary N) is 2. The summed E-state index contributed by atoms with van der Waals surface area (Å²) in [6.45, 7) is 2.33. The predicted octanol–water partition coefficient (Wildman–Crippen LogP) is 6.27. The second kappa shape index (κ2) is 10.1. The summed E-state index contributed by atoms with van der Waals surface area (Å²) in [4.78, 5) is 17.1. The molecule has 1 heterocycles. The highest BCUT2D eigenvalue weighted by atomic mass is 79.9. The first kappa shape index (κ1) is 21.5. The lowest BCUT2D eigenvalue weighted by molar-refractivity contribution is -0.127. The number of H-pyrrole nitrogens is 1. The van der Waals surface area contributed by atoms with E-state index in [9.17, 15) is 4.79 Å². The number of fused-ring (bicyclic) bond motifs is 1. The van der Waals surface area contributed by atoms with Gasteiger partial charge in [-0.05, 0) is 42.8 Å². The normalized spacial score (nSPS) is 11.9. The van der Waals surface area contributed by atoms with Crippen LogP contribution in [0.5, 0.6) is 5.75 Å². The van der Waals surface area contributed by atoms with Gasteiger partial charge in [0.1, 0.15) is 5.75 Å². The van der Waals surface area contributed by atoms with Gasteiger partial charge in [0.2, 0.25) is 0 Å². The van der Waals surface area contributed by atoms with Crippen molar-refractivity contribution in [2.45, 2.75) is 17.9 Å². The van der Waals surface area contributed by atoms with Crippen LogP contribution in [0.15, 0.2) is 88.2 Å². The van der Waals surface area contributed by atoms with E-state index in [4.69, 9.17) is 4.74 Å². The fraction of sp³-hybridized carbons (Fsp3) is 0.160. The van der Waals surface area contributed by atoms with Crippen LogP contribution in [-0.4, -0.2) is 29.3 Å². The molecule has 0 aliphatic heterocycles. The molecule has 6 heteroatoms. The van der Waals surface area contributed by atoms with Crippen LogP contribution >= 0.6 is 27.7 Å². The minimum Gasteiger partial charge on any atom is -0.481 e. The van der Waals surface area contributed by atoms with Crippen molar-refractivity contribution in [1.29, 1.82) is 0 Å². The number of aromatic nitrogens is 1. The van der Waals surface area contributed by atoms with Crippen molar-refractivity contribution in [2.75, 3.05) is 12.3 Å². The third kappa shape index (κ3) is 5.32. The Morgan fingerprint density at radius 1 is 1.03 bits per heavy atom. The molecule has 0 fully saturated rings. The molecule has 0 spiro atoms. The number of hydrogen-bond donors (Lipinski definition) is 2. The van der Waals surface area contributed by atoms with E-state index >= 15 is 0 Å². The number of ether oxygens (including phenoxy) is 1. The molecule has 0 bridgehead atoms. The number of carbonyl (C=O) groups excluding carboxylic acids is 1. The maximum Gasteiger partial charge on any atom is 0.260 e. The Morgan fingerprint density at radius 3 is 2.52 bits per heavy atom. The summed E-state index contributed by atoms with van der Waals surface area (Å²) in [5, 5.41) is 4.17. The van der Waals surface area contributed by atoms with Crippen molar-refractivity contribution >= 4 is 44.5 Å². The van der Waals surface area contributed by atoms with E-state index < -0.39 is 6.10 Å². The largest absolute Gasteiger partial charge is 0.481 e. The highest BCUT2D eigenvalue weighted by Gasteiger charge is 2.16. The zero-order valence-corrected chi connectivity index (χ0v) is 19.5. The van der Waals surface area contributed by atoms with Gasteiger partial charge in [0, 0.05) is 32.6 Å². The Hall–Kier alpha value is -2.70. The summed E-state index contributed by atoms with van der Waals surface area (Å²) < 4.78 is 6.75. The van der Waals surface area contributed by atoms with Crippen LogP contribution in [0.2, 0.25) is 0 Å². The molecule has 31 heavy (non-hydrogen) atoms. The van der Waals surface area contributed by atoms with Crippen LogP contribution in [0.3, 0.4) is 0 Å². The van der Waals surface area contributed by atoms with Gasteiger partial charge in [0.15, 0.2) is 6.10 Å². The maximum atomic E-state index is 12.4. The number of rotatable bonds is 8. The van der Waals surface area contributed by atoms with Crippen LogP contribution in [0, 0.1) is 0 Å². The van der Waals surface area contributed by atoms with E-state index in [1.165, 1.54) is 10.3 Å². The Labute approximate surface area is 194 Å². The van der Waals surface area contributed by atoms with E-state index in [1.54, 1.807) is 18.7 Å². The topological polar surface area (TPSA) is 54.1 Å². The number of para-hydroxylation sites is 2. The van der Waals surface area contributed by atoms with E-state index in [1.807, 2.05) is 48.5 Å². The molecule has 2 N–H and O–H groups in total. The van der Waals surface area contributed by atoms with Crippen LogP contribution in [0.25, 0.3) is 22.2 Å². The minimum absolute atomic E-state index is 0.114. The summed E-state index contributed by atoms with van der Waals surface area (Å²) in [6, 6.07) is 26.0. The van der Waals surface area contributed by atoms with Crippen LogP contribution < -0.4 is 10.1 Å². The van der Waals surface area contributed by atoms with Gasteiger partial charge < -0.3 is 15.0 Å². The van der Waals surface area contributed by atoms with Crippen LogP contribution in [-0.2, 0) is 4.79 Å². The molecule has 4 nitrogen and oxygen atoms in total. The van der Waals surface area contributed by atoms with E-state index in [-0.39, 0.29) is 5.91 Å². The molecular weight excluding hydrogens is 472 g/mol. The minimum atomic E-state index is -0.543. The molecule has 3 aromatic carbocycles. The quantitative estimate of drug-likeness (QED) is 0.224. The standard InChI is InChI=1S/C25H23BrN2O2S/c1-17(30-20-7-3-2-4-8-20)25(29)27-15-16-31-24-21-9-5-6-10-22(21)28-23(24)18-11-13-19(26)14-12-18/h2-14,17,28H,15-16H2,1H3,(H,27,29)/t17-/m0/s1. The second-order valence-corrected chi connectivity index (χ2v) is 9.12. The Balaban J connectivity index is 1.40. The highest BCUT2D eigenvalue weighted by Crippen LogP contribution is 2.37. The highest BCUT2D eigenvalue weighted by molar-refractivity contribution is 9.10. The summed E-state index contributed by atoms with van der Waals surface area (Å²) >= 11 is 5.24. The van der Waals surface area contributed by atoms with Gasteiger partial charge >= 0.3 is 0 Å². The number of aromatic amines is 1. The average molecular weight is 495 g/mol. The molecule has 1 atom stereocenters. The summed E-state index contributed by atoms with van der Waals surface area (Å²) in [7, 11) is 0. The van der Waals surface area contributed by atoms with Crippen molar-refractivity contribution in [3.8, 4) is 17.0 Å². The lowest BCUT2D eigenvalue weighted by atomic mass is 10.1. The third-order valence-corrected chi connectivity index (χ3v) is 6.51. The molecule has 0 aliphatic carbocycles. The van der Waals surface area contributed by atoms with Gasteiger partial charge in [-0.2, -0.15) is 0 Å². The first-order valence-electron chi connectivity index (χ1n) is 10.1. The lowest BCUT2D eigenvalue weighted by Gasteiger charge is -2.14. The Bertz CT molecular complexity index is 1160. The van der Waals surface area contributed by atoms with Gasteiger partial charge in [-0.25, -0.2) is 0 Å². The van der Waals surface area contributed by atoms with Crippen molar-refractivity contribution in [2.24, 2.45) is 0 Å². The Kier molecular flexibility index (Phi) is 6.99. The van der Waals surface area contributed by atoms with E-state index in [0.29, 0.717) is 12.3 Å². The maximum absolute atomic E-state index is 12.4. The van der Waals surface area contributed by atoms with E-state index in [2.05, 4.69) is 56.6 Å².